The Labute approximate surface area is 151 Å². The topological polar surface area (TPSA) is 82.9 Å². The second-order valence-corrected chi connectivity index (χ2v) is 6.15. The van der Waals surface area contributed by atoms with E-state index in [1.165, 1.54) is 7.11 Å². The van der Waals surface area contributed by atoms with Crippen molar-refractivity contribution in [1.82, 2.24) is 4.98 Å². The van der Waals surface area contributed by atoms with Crippen molar-refractivity contribution >= 4 is 22.5 Å². The van der Waals surface area contributed by atoms with Crippen LogP contribution >= 0.6 is 0 Å². The van der Waals surface area contributed by atoms with E-state index in [1.54, 1.807) is 31.2 Å². The Morgan fingerprint density at radius 2 is 1.85 bits per heavy atom. The molecule has 1 N–H and O–H groups in total. The van der Waals surface area contributed by atoms with Crippen LogP contribution in [0.1, 0.15) is 32.0 Å². The summed E-state index contributed by atoms with van der Waals surface area (Å²) in [4.78, 5) is 29.0. The molecule has 1 unspecified atom stereocenters. The number of benzene rings is 2. The minimum atomic E-state index is -1.40. The fourth-order valence-electron chi connectivity index (χ4n) is 3.11. The average molecular weight is 346 g/mol. The number of nitriles is 1. The van der Waals surface area contributed by atoms with E-state index < -0.39 is 17.5 Å². The number of carbonyl (C=O) groups excluding carboxylic acids is 2. The van der Waals surface area contributed by atoms with Crippen molar-refractivity contribution in [2.45, 2.75) is 13.8 Å². The number of nitrogens with one attached hydrogen (secondary N) is 1. The molecule has 3 rings (SSSR count). The predicted molar refractivity (Wildman–Crippen MR) is 98.5 cm³/mol. The average Bonchev–Trinajstić information content (AvgIpc) is 2.98. The fraction of sp³-hybridized carbons (Fsp3) is 0.190. The predicted octanol–water partition coefficient (Wildman–Crippen LogP) is 4.00. The molecule has 3 aromatic rings. The molecule has 1 heterocycles. The molecule has 1 atom stereocenters. The van der Waals surface area contributed by atoms with Crippen molar-refractivity contribution in [3.05, 3.63) is 64.8 Å². The lowest BCUT2D eigenvalue weighted by atomic mass is 9.89. The number of nitrogens with zero attached hydrogens (tertiary/aromatic N) is 1. The number of methoxy groups -OCH3 is 1. The summed E-state index contributed by atoms with van der Waals surface area (Å²) in [6.07, 6.45) is 0. The summed E-state index contributed by atoms with van der Waals surface area (Å²) >= 11 is 0. The molecule has 0 saturated heterocycles. The Bertz CT molecular complexity index is 1060. The number of hydrogen-bond donors (Lipinski definition) is 1. The van der Waals surface area contributed by atoms with Crippen LogP contribution in [0, 0.1) is 31.1 Å². The Balaban J connectivity index is 2.03. The molecule has 0 amide bonds. The summed E-state index contributed by atoms with van der Waals surface area (Å²) in [6, 6.07) is 14.1. The van der Waals surface area contributed by atoms with Gasteiger partial charge in [-0.15, -0.1) is 0 Å². The standard InChI is InChI=1S/C21H18N2O3/c1-12-8-9-14(10-18(12)26-3)20(24)16(11-22)21(25)19-13(2)23-17-7-5-4-6-15(17)19/h4-10,16,23H,1-3H3. The fourth-order valence-corrected chi connectivity index (χ4v) is 3.11. The summed E-state index contributed by atoms with van der Waals surface area (Å²) in [5.74, 6) is -1.88. The molecular weight excluding hydrogens is 328 g/mol. The van der Waals surface area contributed by atoms with E-state index >= 15 is 0 Å². The minimum Gasteiger partial charge on any atom is -0.496 e. The van der Waals surface area contributed by atoms with Gasteiger partial charge >= 0.3 is 0 Å². The highest BCUT2D eigenvalue weighted by Gasteiger charge is 2.31. The highest BCUT2D eigenvalue weighted by molar-refractivity contribution is 6.22. The monoisotopic (exact) mass is 346 g/mol. The smallest absolute Gasteiger partial charge is 0.190 e. The van der Waals surface area contributed by atoms with Crippen molar-refractivity contribution in [3.8, 4) is 11.8 Å². The molecule has 130 valence electrons. The van der Waals surface area contributed by atoms with Crippen LogP contribution in [0.4, 0.5) is 0 Å². The maximum Gasteiger partial charge on any atom is 0.190 e. The van der Waals surface area contributed by atoms with Gasteiger partial charge in [-0.2, -0.15) is 5.26 Å². The van der Waals surface area contributed by atoms with Crippen LogP contribution in [0.25, 0.3) is 10.9 Å². The SMILES string of the molecule is COc1cc(C(=O)C(C#N)C(=O)c2c(C)[nH]c3ccccc23)ccc1C. The molecule has 26 heavy (non-hydrogen) atoms. The molecule has 0 aliphatic heterocycles. The normalized spacial score (nSPS) is 11.8. The molecule has 0 spiro atoms. The van der Waals surface area contributed by atoms with E-state index in [9.17, 15) is 14.9 Å². The lowest BCUT2D eigenvalue weighted by Crippen LogP contribution is -2.23. The van der Waals surface area contributed by atoms with Crippen molar-refractivity contribution < 1.29 is 14.3 Å². The molecule has 0 saturated carbocycles. The summed E-state index contributed by atoms with van der Waals surface area (Å²) in [7, 11) is 1.51. The van der Waals surface area contributed by atoms with Crippen LogP contribution in [0.5, 0.6) is 5.75 Å². The Morgan fingerprint density at radius 1 is 1.12 bits per heavy atom. The van der Waals surface area contributed by atoms with Crippen molar-refractivity contribution in [1.29, 1.82) is 5.26 Å². The molecule has 0 bridgehead atoms. The Hall–Kier alpha value is -3.39. The van der Waals surface area contributed by atoms with Gasteiger partial charge in [-0.25, -0.2) is 0 Å². The molecular formula is C21H18N2O3. The van der Waals surface area contributed by atoms with Gasteiger partial charge < -0.3 is 9.72 Å². The van der Waals surface area contributed by atoms with Gasteiger partial charge in [-0.1, -0.05) is 30.3 Å². The number of hydrogen-bond acceptors (Lipinski definition) is 4. The summed E-state index contributed by atoms with van der Waals surface area (Å²) < 4.78 is 5.23. The second-order valence-electron chi connectivity index (χ2n) is 6.15. The lowest BCUT2D eigenvalue weighted by Gasteiger charge is -2.10. The van der Waals surface area contributed by atoms with Crippen molar-refractivity contribution in [2.75, 3.05) is 7.11 Å². The molecule has 1 aromatic heterocycles. The van der Waals surface area contributed by atoms with Crippen molar-refractivity contribution in [3.63, 3.8) is 0 Å². The van der Waals surface area contributed by atoms with Crippen LogP contribution in [0.2, 0.25) is 0 Å². The number of aromatic nitrogens is 1. The number of carbonyl (C=O) groups is 2. The zero-order chi connectivity index (χ0) is 18.8. The Kier molecular flexibility index (Phi) is 4.59. The minimum absolute atomic E-state index is 0.282. The molecule has 5 heteroatoms. The first kappa shape index (κ1) is 17.4. The first-order chi connectivity index (χ1) is 12.5. The summed E-state index contributed by atoms with van der Waals surface area (Å²) in [5.41, 5.74) is 2.99. The number of fused-ring (bicyclic) bond motifs is 1. The second kappa shape index (κ2) is 6.85. The van der Waals surface area contributed by atoms with Gasteiger partial charge in [0, 0.05) is 27.7 Å². The number of aromatic amines is 1. The number of H-pyrrole nitrogens is 1. The number of para-hydroxylation sites is 1. The third kappa shape index (κ3) is 2.86. The van der Waals surface area contributed by atoms with Crippen LogP contribution in [0.3, 0.4) is 0 Å². The van der Waals surface area contributed by atoms with E-state index in [0.29, 0.717) is 22.4 Å². The van der Waals surface area contributed by atoms with Gasteiger partial charge in [0.05, 0.1) is 13.2 Å². The number of rotatable bonds is 5. The van der Waals surface area contributed by atoms with Crippen LogP contribution in [-0.4, -0.2) is 23.7 Å². The quantitative estimate of drug-likeness (QED) is 0.559. The number of Topliss-reactive ketones (excluding diaryl/α,β-unsaturated/α-hetero) is 2. The maximum atomic E-state index is 13.0. The van der Waals surface area contributed by atoms with Crippen LogP contribution < -0.4 is 4.74 Å². The molecule has 5 nitrogen and oxygen atoms in total. The van der Waals surface area contributed by atoms with Crippen LogP contribution in [-0.2, 0) is 0 Å². The first-order valence-electron chi connectivity index (χ1n) is 8.18. The van der Waals surface area contributed by atoms with Gasteiger partial charge in [-0.3, -0.25) is 9.59 Å². The molecule has 0 aliphatic rings. The highest BCUT2D eigenvalue weighted by Crippen LogP contribution is 2.27. The zero-order valence-electron chi connectivity index (χ0n) is 14.8. The highest BCUT2D eigenvalue weighted by atomic mass is 16.5. The van der Waals surface area contributed by atoms with E-state index in [0.717, 1.165) is 11.1 Å². The summed E-state index contributed by atoms with van der Waals surface area (Å²) in [6.45, 7) is 3.62. The molecule has 0 radical (unpaired) electrons. The molecule has 0 aliphatic carbocycles. The number of ether oxygens (including phenoxy) is 1. The third-order valence-electron chi connectivity index (χ3n) is 4.49. The number of ketones is 2. The summed E-state index contributed by atoms with van der Waals surface area (Å²) in [5, 5.41) is 10.3. The zero-order valence-corrected chi connectivity index (χ0v) is 14.8. The number of aryl methyl sites for hydroxylation is 2. The van der Waals surface area contributed by atoms with Crippen LogP contribution in [0.15, 0.2) is 42.5 Å². The molecule has 2 aromatic carbocycles. The first-order valence-corrected chi connectivity index (χ1v) is 8.18. The largest absolute Gasteiger partial charge is 0.496 e. The third-order valence-corrected chi connectivity index (χ3v) is 4.49. The van der Waals surface area contributed by atoms with Gasteiger partial charge in [-0.05, 0) is 31.5 Å². The van der Waals surface area contributed by atoms with Gasteiger partial charge in [0.2, 0.25) is 0 Å². The maximum absolute atomic E-state index is 13.0. The van der Waals surface area contributed by atoms with Crippen molar-refractivity contribution in [2.24, 2.45) is 5.92 Å². The van der Waals surface area contributed by atoms with E-state index in [-0.39, 0.29) is 5.56 Å². The van der Waals surface area contributed by atoms with E-state index in [1.807, 2.05) is 31.2 Å². The van der Waals surface area contributed by atoms with E-state index in [4.69, 9.17) is 4.74 Å². The molecule has 0 fully saturated rings. The van der Waals surface area contributed by atoms with Gasteiger partial charge in [0.1, 0.15) is 5.75 Å². The van der Waals surface area contributed by atoms with E-state index in [2.05, 4.69) is 4.98 Å². The lowest BCUT2D eigenvalue weighted by molar-refractivity contribution is 0.0846. The van der Waals surface area contributed by atoms with Gasteiger partial charge in [0.25, 0.3) is 0 Å². The Morgan fingerprint density at radius 3 is 2.54 bits per heavy atom. The van der Waals surface area contributed by atoms with Gasteiger partial charge in [0.15, 0.2) is 17.5 Å².